The molecule has 1 aromatic carbocycles. The smallest absolute Gasteiger partial charge is 0.120 e. The van der Waals surface area contributed by atoms with Crippen LogP contribution in [0.1, 0.15) is 18.4 Å². The third kappa shape index (κ3) is 3.56. The van der Waals surface area contributed by atoms with Gasteiger partial charge >= 0.3 is 0 Å². The van der Waals surface area contributed by atoms with Gasteiger partial charge in [0.15, 0.2) is 0 Å². The minimum absolute atomic E-state index is 0.269. The molecule has 0 radical (unpaired) electrons. The van der Waals surface area contributed by atoms with Crippen molar-refractivity contribution < 1.29 is 9.90 Å². The summed E-state index contributed by atoms with van der Waals surface area (Å²) in [6.07, 6.45) is 6.11. The van der Waals surface area contributed by atoms with Crippen LogP contribution in [0.3, 0.4) is 0 Å². The second-order valence-electron chi connectivity index (χ2n) is 2.74. The molecule has 0 saturated carbocycles. The van der Waals surface area contributed by atoms with Gasteiger partial charge in [0.25, 0.3) is 0 Å². The van der Waals surface area contributed by atoms with Crippen molar-refractivity contribution in [2.75, 3.05) is 0 Å². The van der Waals surface area contributed by atoms with Crippen molar-refractivity contribution >= 4 is 12.4 Å². The van der Waals surface area contributed by atoms with Crippen molar-refractivity contribution in [3.05, 3.63) is 35.9 Å². The Morgan fingerprint density at radius 3 is 2.46 bits per heavy atom. The van der Waals surface area contributed by atoms with Crippen LogP contribution in [0, 0.1) is 0 Å². The number of aromatic hydroxyl groups is 1. The molecule has 0 aliphatic rings. The first-order valence-electron chi connectivity index (χ1n) is 4.22. The number of unbranched alkanes of at least 4 members (excludes halogenated alkanes) is 1. The maximum atomic E-state index is 9.99. The summed E-state index contributed by atoms with van der Waals surface area (Å²) in [7, 11) is 0. The molecule has 0 aliphatic heterocycles. The van der Waals surface area contributed by atoms with Gasteiger partial charge in [0.1, 0.15) is 12.0 Å². The van der Waals surface area contributed by atoms with Crippen LogP contribution >= 0.6 is 0 Å². The number of phenolic OH excluding ortho intramolecular Hbond substituents is 1. The van der Waals surface area contributed by atoms with Crippen molar-refractivity contribution in [1.82, 2.24) is 0 Å². The molecule has 0 amide bonds. The van der Waals surface area contributed by atoms with E-state index in [1.165, 1.54) is 0 Å². The SMILES string of the molecule is O=CCCC=Cc1ccc(O)cc1. The van der Waals surface area contributed by atoms with Gasteiger partial charge < -0.3 is 9.90 Å². The summed E-state index contributed by atoms with van der Waals surface area (Å²) in [5, 5.41) is 9.00. The van der Waals surface area contributed by atoms with E-state index in [9.17, 15) is 4.79 Å². The maximum absolute atomic E-state index is 9.99. The van der Waals surface area contributed by atoms with Crippen LogP contribution in [-0.2, 0) is 4.79 Å². The Labute approximate surface area is 77.5 Å². The van der Waals surface area contributed by atoms with Gasteiger partial charge in [-0.05, 0) is 24.1 Å². The molecular formula is C11H12O2. The number of hydrogen-bond donors (Lipinski definition) is 1. The zero-order valence-electron chi connectivity index (χ0n) is 7.31. The van der Waals surface area contributed by atoms with Crippen LogP contribution in [0.2, 0.25) is 0 Å². The van der Waals surface area contributed by atoms with E-state index in [-0.39, 0.29) is 5.75 Å². The largest absolute Gasteiger partial charge is 0.508 e. The lowest BCUT2D eigenvalue weighted by atomic mass is 10.2. The van der Waals surface area contributed by atoms with E-state index >= 15 is 0 Å². The second-order valence-corrected chi connectivity index (χ2v) is 2.74. The van der Waals surface area contributed by atoms with E-state index < -0.39 is 0 Å². The van der Waals surface area contributed by atoms with Crippen LogP contribution < -0.4 is 0 Å². The van der Waals surface area contributed by atoms with E-state index in [2.05, 4.69) is 0 Å². The summed E-state index contributed by atoms with van der Waals surface area (Å²) in [6, 6.07) is 6.93. The van der Waals surface area contributed by atoms with E-state index in [0.717, 1.165) is 18.3 Å². The summed E-state index contributed by atoms with van der Waals surface area (Å²) >= 11 is 0. The van der Waals surface area contributed by atoms with Crippen LogP contribution in [0.15, 0.2) is 30.3 Å². The molecule has 0 atom stereocenters. The van der Waals surface area contributed by atoms with E-state index in [0.29, 0.717) is 6.42 Å². The highest BCUT2D eigenvalue weighted by Gasteiger charge is 1.86. The highest BCUT2D eigenvalue weighted by atomic mass is 16.3. The molecule has 0 aliphatic carbocycles. The van der Waals surface area contributed by atoms with Crippen molar-refractivity contribution in [1.29, 1.82) is 0 Å². The number of hydrogen-bond acceptors (Lipinski definition) is 2. The third-order valence-corrected chi connectivity index (χ3v) is 1.65. The van der Waals surface area contributed by atoms with E-state index in [1.54, 1.807) is 12.1 Å². The van der Waals surface area contributed by atoms with Gasteiger partial charge in [0.2, 0.25) is 0 Å². The molecule has 1 aromatic rings. The lowest BCUT2D eigenvalue weighted by molar-refractivity contribution is -0.107. The van der Waals surface area contributed by atoms with Gasteiger partial charge in [-0.15, -0.1) is 0 Å². The fourth-order valence-corrected chi connectivity index (χ4v) is 0.969. The monoisotopic (exact) mass is 176 g/mol. The molecular weight excluding hydrogens is 164 g/mol. The standard InChI is InChI=1S/C11H12O2/c12-9-3-1-2-4-10-5-7-11(13)8-6-10/h2,4-9,13H,1,3H2. The molecule has 0 saturated heterocycles. The number of phenols is 1. The first-order chi connectivity index (χ1) is 6.33. The Balaban J connectivity index is 2.49. The molecule has 0 fully saturated rings. The molecule has 2 nitrogen and oxygen atoms in total. The van der Waals surface area contributed by atoms with Gasteiger partial charge in [-0.3, -0.25) is 0 Å². The van der Waals surface area contributed by atoms with Gasteiger partial charge in [0.05, 0.1) is 0 Å². The van der Waals surface area contributed by atoms with Gasteiger partial charge in [-0.1, -0.05) is 24.3 Å². The molecule has 0 spiro atoms. The lowest BCUT2D eigenvalue weighted by Gasteiger charge is -1.93. The predicted octanol–water partition coefficient (Wildman–Crippen LogP) is 2.38. The normalized spacial score (nSPS) is 10.5. The first kappa shape index (κ1) is 9.52. The third-order valence-electron chi connectivity index (χ3n) is 1.65. The quantitative estimate of drug-likeness (QED) is 0.565. The summed E-state index contributed by atoms with van der Waals surface area (Å²) in [6.45, 7) is 0. The van der Waals surface area contributed by atoms with Crippen LogP contribution in [0.4, 0.5) is 0 Å². The molecule has 2 heteroatoms. The first-order valence-corrected chi connectivity index (χ1v) is 4.22. The zero-order chi connectivity index (χ0) is 9.52. The molecule has 0 aromatic heterocycles. The van der Waals surface area contributed by atoms with E-state index in [4.69, 9.17) is 5.11 Å². The molecule has 68 valence electrons. The van der Waals surface area contributed by atoms with Crippen molar-refractivity contribution in [3.63, 3.8) is 0 Å². The fourth-order valence-electron chi connectivity index (χ4n) is 0.969. The minimum atomic E-state index is 0.269. The van der Waals surface area contributed by atoms with E-state index in [1.807, 2.05) is 24.3 Å². The summed E-state index contributed by atoms with van der Waals surface area (Å²) < 4.78 is 0. The van der Waals surface area contributed by atoms with Gasteiger partial charge in [-0.25, -0.2) is 0 Å². The van der Waals surface area contributed by atoms with Crippen LogP contribution in [0.25, 0.3) is 6.08 Å². The minimum Gasteiger partial charge on any atom is -0.508 e. The van der Waals surface area contributed by atoms with Crippen molar-refractivity contribution in [3.8, 4) is 5.75 Å². The average Bonchev–Trinajstić information content (AvgIpc) is 2.15. The Morgan fingerprint density at radius 2 is 1.85 bits per heavy atom. The van der Waals surface area contributed by atoms with Crippen LogP contribution in [-0.4, -0.2) is 11.4 Å². The second kappa shape index (κ2) is 5.14. The van der Waals surface area contributed by atoms with Crippen molar-refractivity contribution in [2.24, 2.45) is 0 Å². The number of carbonyl (C=O) groups excluding carboxylic acids is 1. The highest BCUT2D eigenvalue weighted by molar-refractivity contribution is 5.53. The maximum Gasteiger partial charge on any atom is 0.120 e. The summed E-state index contributed by atoms with van der Waals surface area (Å²) in [5.41, 5.74) is 1.03. The number of rotatable bonds is 4. The molecule has 0 bridgehead atoms. The lowest BCUT2D eigenvalue weighted by Crippen LogP contribution is -1.72. The Bertz CT molecular complexity index is 285. The number of allylic oxidation sites excluding steroid dienone is 1. The zero-order valence-corrected chi connectivity index (χ0v) is 7.31. The molecule has 1 rings (SSSR count). The predicted molar refractivity (Wildman–Crippen MR) is 52.4 cm³/mol. The molecule has 13 heavy (non-hydrogen) atoms. The Kier molecular flexibility index (Phi) is 3.76. The summed E-state index contributed by atoms with van der Waals surface area (Å²) in [4.78, 5) is 9.99. The fraction of sp³-hybridized carbons (Fsp3) is 0.182. The van der Waals surface area contributed by atoms with Gasteiger partial charge in [0, 0.05) is 6.42 Å². The Hall–Kier alpha value is -1.57. The number of carbonyl (C=O) groups is 1. The molecule has 0 heterocycles. The van der Waals surface area contributed by atoms with Crippen molar-refractivity contribution in [2.45, 2.75) is 12.8 Å². The van der Waals surface area contributed by atoms with Gasteiger partial charge in [-0.2, -0.15) is 0 Å². The number of aldehydes is 1. The highest BCUT2D eigenvalue weighted by Crippen LogP contribution is 2.10. The summed E-state index contributed by atoms with van der Waals surface area (Å²) in [5.74, 6) is 0.269. The molecule has 0 unspecified atom stereocenters. The molecule has 1 N–H and O–H groups in total. The average molecular weight is 176 g/mol. The van der Waals surface area contributed by atoms with Crippen LogP contribution in [0.5, 0.6) is 5.75 Å². The number of benzene rings is 1. The Morgan fingerprint density at radius 1 is 1.15 bits per heavy atom. The topological polar surface area (TPSA) is 37.3 Å².